The van der Waals surface area contributed by atoms with E-state index in [1.165, 1.54) is 12.8 Å². The summed E-state index contributed by atoms with van der Waals surface area (Å²) in [6, 6.07) is 10.3. The van der Waals surface area contributed by atoms with E-state index in [-0.39, 0.29) is 11.7 Å². The second-order valence-corrected chi connectivity index (χ2v) is 8.01. The van der Waals surface area contributed by atoms with Gasteiger partial charge in [-0.3, -0.25) is 9.13 Å². The maximum Gasteiger partial charge on any atom is 0.330 e. The van der Waals surface area contributed by atoms with Crippen molar-refractivity contribution in [1.82, 2.24) is 24.3 Å². The summed E-state index contributed by atoms with van der Waals surface area (Å²) in [4.78, 5) is 19.7. The number of aromatic nitrogens is 5. The molecule has 4 aromatic rings. The summed E-state index contributed by atoms with van der Waals surface area (Å²) in [7, 11) is 1.74. The van der Waals surface area contributed by atoms with E-state index in [2.05, 4.69) is 38.3 Å². The third kappa shape index (κ3) is 2.80. The van der Waals surface area contributed by atoms with Crippen LogP contribution in [0.3, 0.4) is 0 Å². The molecule has 5 rings (SSSR count). The number of rotatable bonds is 3. The zero-order valence-corrected chi connectivity index (χ0v) is 17.0. The fraction of sp³-hybridized carbons (Fsp3) is 0.364. The first-order valence-corrected chi connectivity index (χ1v) is 10.1. The molecule has 0 aliphatic carbocycles. The molecule has 1 aliphatic rings. The number of fused-ring (bicyclic) bond motifs is 3. The fourth-order valence-electron chi connectivity index (χ4n) is 4.24. The van der Waals surface area contributed by atoms with Gasteiger partial charge < -0.3 is 4.90 Å². The minimum Gasteiger partial charge on any atom is -0.357 e. The largest absolute Gasteiger partial charge is 0.357 e. The van der Waals surface area contributed by atoms with E-state index in [1.807, 2.05) is 32.2 Å². The van der Waals surface area contributed by atoms with E-state index in [1.54, 1.807) is 16.2 Å². The number of anilines is 1. The monoisotopic (exact) mass is 388 g/mol. The Labute approximate surface area is 168 Å². The quantitative estimate of drug-likeness (QED) is 0.537. The van der Waals surface area contributed by atoms with Gasteiger partial charge in [0.05, 0.1) is 5.52 Å². The van der Waals surface area contributed by atoms with E-state index in [4.69, 9.17) is 0 Å². The van der Waals surface area contributed by atoms with Gasteiger partial charge >= 0.3 is 5.69 Å². The normalized spacial score (nSPS) is 14.6. The molecule has 0 spiro atoms. The van der Waals surface area contributed by atoms with Gasteiger partial charge in [0, 0.05) is 43.3 Å². The van der Waals surface area contributed by atoms with Crippen LogP contribution in [-0.4, -0.2) is 37.4 Å². The van der Waals surface area contributed by atoms with Crippen LogP contribution < -0.4 is 10.6 Å². The van der Waals surface area contributed by atoms with Crippen molar-refractivity contribution >= 4 is 27.9 Å². The van der Waals surface area contributed by atoms with Crippen LogP contribution in [0.15, 0.2) is 41.3 Å². The molecule has 0 bridgehead atoms. The van der Waals surface area contributed by atoms with Gasteiger partial charge in [0.15, 0.2) is 5.65 Å². The second-order valence-electron chi connectivity index (χ2n) is 8.01. The molecule has 1 fully saturated rings. The number of nitrogens with zero attached hydrogens (tertiary/aromatic N) is 6. The highest BCUT2D eigenvalue weighted by Crippen LogP contribution is 2.29. The molecule has 0 saturated carbocycles. The van der Waals surface area contributed by atoms with Crippen molar-refractivity contribution in [3.8, 4) is 11.1 Å². The van der Waals surface area contributed by atoms with Crippen molar-refractivity contribution in [2.24, 2.45) is 7.05 Å². The molecule has 29 heavy (non-hydrogen) atoms. The molecule has 1 aromatic carbocycles. The average molecular weight is 388 g/mol. The predicted molar refractivity (Wildman–Crippen MR) is 115 cm³/mol. The first-order valence-electron chi connectivity index (χ1n) is 10.1. The average Bonchev–Trinajstić information content (AvgIpc) is 3.35. The molecule has 0 amide bonds. The Hall–Kier alpha value is -3.22. The van der Waals surface area contributed by atoms with Crippen molar-refractivity contribution in [3.05, 3.63) is 47.0 Å². The summed E-state index contributed by atoms with van der Waals surface area (Å²) >= 11 is 0. The molecule has 0 radical (unpaired) electrons. The predicted octanol–water partition coefficient (Wildman–Crippen LogP) is 3.53. The Morgan fingerprint density at radius 1 is 1.00 bits per heavy atom. The Bertz CT molecular complexity index is 1260. The zero-order valence-electron chi connectivity index (χ0n) is 17.0. The van der Waals surface area contributed by atoms with E-state index in [0.717, 1.165) is 46.5 Å². The number of aryl methyl sites for hydroxylation is 1. The van der Waals surface area contributed by atoms with Crippen molar-refractivity contribution in [3.63, 3.8) is 0 Å². The lowest BCUT2D eigenvalue weighted by molar-refractivity contribution is 0.584. The maximum atomic E-state index is 12.7. The Balaban J connectivity index is 1.67. The SMILES string of the molecule is CC(C)n1c(=O)n(C)c2nnc3ccc(-c4ccc(N5CCCC5)nc4)cc3c21. The topological polar surface area (TPSA) is 68.8 Å². The van der Waals surface area contributed by atoms with Gasteiger partial charge in [0.2, 0.25) is 0 Å². The smallest absolute Gasteiger partial charge is 0.330 e. The summed E-state index contributed by atoms with van der Waals surface area (Å²) in [5, 5.41) is 9.58. The van der Waals surface area contributed by atoms with Gasteiger partial charge in [-0.1, -0.05) is 6.07 Å². The molecular weight excluding hydrogens is 364 g/mol. The summed E-state index contributed by atoms with van der Waals surface area (Å²) < 4.78 is 3.37. The van der Waals surface area contributed by atoms with Crippen LogP contribution in [0.25, 0.3) is 33.2 Å². The zero-order chi connectivity index (χ0) is 20.1. The van der Waals surface area contributed by atoms with Crippen LogP contribution in [0.1, 0.15) is 32.7 Å². The summed E-state index contributed by atoms with van der Waals surface area (Å²) in [5.74, 6) is 1.04. The molecule has 3 aromatic heterocycles. The molecular formula is C22H24N6O. The lowest BCUT2D eigenvalue weighted by Gasteiger charge is -2.16. The van der Waals surface area contributed by atoms with Crippen molar-refractivity contribution in [1.29, 1.82) is 0 Å². The van der Waals surface area contributed by atoms with E-state index in [9.17, 15) is 4.79 Å². The highest BCUT2D eigenvalue weighted by molar-refractivity contribution is 6.02. The first kappa shape index (κ1) is 17.8. The highest BCUT2D eigenvalue weighted by Gasteiger charge is 2.18. The molecule has 0 unspecified atom stereocenters. The standard InChI is InChI=1S/C22H24N6O/c1-14(2)28-20-17-12-15(6-8-18(17)24-25-21(20)26(3)22(28)29)16-7-9-19(23-13-16)27-10-4-5-11-27/h6-9,12-14H,4-5,10-11H2,1-3H3. The highest BCUT2D eigenvalue weighted by atomic mass is 16.1. The van der Waals surface area contributed by atoms with E-state index < -0.39 is 0 Å². The van der Waals surface area contributed by atoms with Crippen LogP contribution in [0.5, 0.6) is 0 Å². The maximum absolute atomic E-state index is 12.7. The molecule has 0 atom stereocenters. The third-order valence-electron chi connectivity index (χ3n) is 5.80. The Morgan fingerprint density at radius 3 is 2.45 bits per heavy atom. The van der Waals surface area contributed by atoms with E-state index in [0.29, 0.717) is 5.65 Å². The number of benzene rings is 1. The van der Waals surface area contributed by atoms with Crippen LogP contribution in [-0.2, 0) is 7.05 Å². The van der Waals surface area contributed by atoms with Crippen LogP contribution >= 0.6 is 0 Å². The number of imidazole rings is 1. The van der Waals surface area contributed by atoms with Gasteiger partial charge in [-0.2, -0.15) is 0 Å². The molecule has 1 aliphatic heterocycles. The summed E-state index contributed by atoms with van der Waals surface area (Å²) in [5.41, 5.74) is 4.26. The first-order chi connectivity index (χ1) is 14.0. The number of hydrogen-bond donors (Lipinski definition) is 0. The van der Waals surface area contributed by atoms with Crippen LogP contribution in [0, 0.1) is 0 Å². The molecule has 1 saturated heterocycles. The Kier molecular flexibility index (Phi) is 4.12. The number of hydrogen-bond acceptors (Lipinski definition) is 5. The van der Waals surface area contributed by atoms with Gasteiger partial charge in [0.1, 0.15) is 11.3 Å². The molecule has 7 heteroatoms. The molecule has 7 nitrogen and oxygen atoms in total. The van der Waals surface area contributed by atoms with Crippen LogP contribution in [0.2, 0.25) is 0 Å². The van der Waals surface area contributed by atoms with Gasteiger partial charge in [-0.15, -0.1) is 10.2 Å². The number of pyridine rings is 1. The molecule has 4 heterocycles. The van der Waals surface area contributed by atoms with E-state index >= 15 is 0 Å². The van der Waals surface area contributed by atoms with Gasteiger partial charge in [-0.25, -0.2) is 9.78 Å². The Morgan fingerprint density at radius 2 is 1.76 bits per heavy atom. The van der Waals surface area contributed by atoms with Crippen LogP contribution in [0.4, 0.5) is 5.82 Å². The fourth-order valence-corrected chi connectivity index (χ4v) is 4.24. The third-order valence-corrected chi connectivity index (χ3v) is 5.80. The molecule has 148 valence electrons. The minimum absolute atomic E-state index is 0.0312. The van der Waals surface area contributed by atoms with Crippen molar-refractivity contribution < 1.29 is 0 Å². The van der Waals surface area contributed by atoms with Crippen molar-refractivity contribution in [2.45, 2.75) is 32.7 Å². The van der Waals surface area contributed by atoms with Gasteiger partial charge in [0.25, 0.3) is 0 Å². The summed E-state index contributed by atoms with van der Waals surface area (Å²) in [6.45, 7) is 6.19. The summed E-state index contributed by atoms with van der Waals surface area (Å²) in [6.07, 6.45) is 4.40. The lowest BCUT2D eigenvalue weighted by atomic mass is 10.0. The molecule has 0 N–H and O–H groups in total. The van der Waals surface area contributed by atoms with Crippen molar-refractivity contribution in [2.75, 3.05) is 18.0 Å². The lowest BCUT2D eigenvalue weighted by Crippen LogP contribution is -2.23. The van der Waals surface area contributed by atoms with Gasteiger partial charge in [-0.05, 0) is 56.5 Å². The second kappa shape index (κ2) is 6.69. The minimum atomic E-state index is -0.0705.